The molecular weight excluding hydrogens is 252 g/mol. The molecule has 2 amide bonds. The van der Waals surface area contributed by atoms with Crippen molar-refractivity contribution in [1.29, 1.82) is 0 Å². The van der Waals surface area contributed by atoms with Crippen LogP contribution in [0.3, 0.4) is 0 Å². The van der Waals surface area contributed by atoms with Gasteiger partial charge in [0, 0.05) is 6.54 Å². The Balaban J connectivity index is 2.41. The quantitative estimate of drug-likeness (QED) is 0.740. The molecule has 100 valence electrons. The number of amides is 2. The van der Waals surface area contributed by atoms with Crippen LogP contribution in [0.1, 0.15) is 30.9 Å². The molecule has 1 aromatic rings. The van der Waals surface area contributed by atoms with Crippen molar-refractivity contribution in [3.63, 3.8) is 0 Å². The molecule has 0 aliphatic rings. The van der Waals surface area contributed by atoms with Gasteiger partial charge in [-0.05, 0) is 35.2 Å². The first-order valence-electron chi connectivity index (χ1n) is 5.83. The number of aliphatic carboxylic acids is 1. The van der Waals surface area contributed by atoms with E-state index in [2.05, 4.69) is 10.6 Å². The van der Waals surface area contributed by atoms with Gasteiger partial charge in [0.2, 0.25) is 0 Å². The third-order valence-electron chi connectivity index (χ3n) is 2.58. The van der Waals surface area contributed by atoms with E-state index < -0.39 is 18.0 Å². The van der Waals surface area contributed by atoms with Crippen LogP contribution >= 0.6 is 11.3 Å². The summed E-state index contributed by atoms with van der Waals surface area (Å²) in [6.07, 6.45) is 1.14. The van der Waals surface area contributed by atoms with E-state index >= 15 is 0 Å². The fourth-order valence-corrected chi connectivity index (χ4v) is 2.36. The number of hydrogen-bond donors (Lipinski definition) is 3. The minimum atomic E-state index is -1.00. The minimum absolute atomic E-state index is 0.416. The maximum atomic E-state index is 11.6. The number of nitrogens with one attached hydrogen (secondary N) is 2. The fourth-order valence-electron chi connectivity index (χ4n) is 1.50. The van der Waals surface area contributed by atoms with Gasteiger partial charge >= 0.3 is 12.0 Å². The summed E-state index contributed by atoms with van der Waals surface area (Å²) in [6, 6.07) is -1.26. The first kappa shape index (κ1) is 14.5. The summed E-state index contributed by atoms with van der Waals surface area (Å²) in [5, 5.41) is 18.0. The Labute approximate surface area is 110 Å². The molecule has 3 N–H and O–H groups in total. The number of urea groups is 1. The molecule has 0 bridgehead atoms. The van der Waals surface area contributed by atoms with Crippen molar-refractivity contribution in [1.82, 2.24) is 10.6 Å². The number of carbonyl (C=O) groups is 2. The molecule has 1 heterocycles. The predicted molar refractivity (Wildman–Crippen MR) is 70.8 cm³/mol. The van der Waals surface area contributed by atoms with Crippen molar-refractivity contribution < 1.29 is 14.7 Å². The monoisotopic (exact) mass is 270 g/mol. The second-order valence-electron chi connectivity index (χ2n) is 4.09. The molecule has 0 aromatic carbocycles. The lowest BCUT2D eigenvalue weighted by Gasteiger charge is -2.14. The van der Waals surface area contributed by atoms with Crippen LogP contribution in [0.25, 0.3) is 0 Å². The number of hydrogen-bond acceptors (Lipinski definition) is 3. The SMILES string of the molecule is CCC[C@H](NC(=O)NCc1cscc1C)C(=O)O. The Morgan fingerprint density at radius 2 is 2.17 bits per heavy atom. The fraction of sp³-hybridized carbons (Fsp3) is 0.500. The first-order valence-corrected chi connectivity index (χ1v) is 6.77. The largest absolute Gasteiger partial charge is 0.480 e. The molecule has 6 heteroatoms. The van der Waals surface area contributed by atoms with Gasteiger partial charge in [0.05, 0.1) is 0 Å². The molecule has 1 atom stereocenters. The van der Waals surface area contributed by atoms with Crippen LogP contribution < -0.4 is 10.6 Å². The maximum Gasteiger partial charge on any atom is 0.326 e. The van der Waals surface area contributed by atoms with E-state index in [-0.39, 0.29) is 0 Å². The van der Waals surface area contributed by atoms with E-state index in [4.69, 9.17) is 5.11 Å². The zero-order valence-electron chi connectivity index (χ0n) is 10.5. The second-order valence-corrected chi connectivity index (χ2v) is 4.83. The van der Waals surface area contributed by atoms with Gasteiger partial charge in [0.15, 0.2) is 0 Å². The molecule has 0 aliphatic heterocycles. The van der Waals surface area contributed by atoms with Gasteiger partial charge in [-0.3, -0.25) is 0 Å². The molecule has 0 spiro atoms. The number of aryl methyl sites for hydroxylation is 1. The molecule has 1 rings (SSSR count). The van der Waals surface area contributed by atoms with Crippen LogP contribution in [-0.4, -0.2) is 23.1 Å². The summed E-state index contributed by atoms with van der Waals surface area (Å²) in [4.78, 5) is 22.4. The van der Waals surface area contributed by atoms with Crippen LogP contribution in [0, 0.1) is 6.92 Å². The molecule has 0 saturated carbocycles. The van der Waals surface area contributed by atoms with E-state index in [9.17, 15) is 9.59 Å². The summed E-state index contributed by atoms with van der Waals surface area (Å²) in [5.74, 6) is -1.00. The molecule has 0 saturated heterocycles. The first-order chi connectivity index (χ1) is 8.54. The van der Waals surface area contributed by atoms with Crippen LogP contribution in [-0.2, 0) is 11.3 Å². The normalized spacial score (nSPS) is 11.9. The molecule has 0 fully saturated rings. The second kappa shape index (κ2) is 7.00. The van der Waals surface area contributed by atoms with Gasteiger partial charge in [-0.2, -0.15) is 11.3 Å². The standard InChI is InChI=1S/C12H18N2O3S/c1-3-4-10(11(15)16)14-12(17)13-5-9-7-18-6-8(9)2/h6-7,10H,3-5H2,1-2H3,(H,15,16)(H2,13,14,17)/t10-/m0/s1. The lowest BCUT2D eigenvalue weighted by atomic mass is 10.2. The van der Waals surface area contributed by atoms with Crippen molar-refractivity contribution in [3.8, 4) is 0 Å². The molecular formula is C12H18N2O3S. The van der Waals surface area contributed by atoms with Crippen molar-refractivity contribution in [2.75, 3.05) is 0 Å². The van der Waals surface area contributed by atoms with E-state index in [0.717, 1.165) is 11.1 Å². The molecule has 0 radical (unpaired) electrons. The summed E-state index contributed by atoms with van der Waals surface area (Å²) < 4.78 is 0. The number of rotatable bonds is 6. The molecule has 5 nitrogen and oxygen atoms in total. The molecule has 18 heavy (non-hydrogen) atoms. The van der Waals surface area contributed by atoms with E-state index in [1.807, 2.05) is 24.6 Å². The Hall–Kier alpha value is -1.56. The zero-order chi connectivity index (χ0) is 13.5. The van der Waals surface area contributed by atoms with Crippen LogP contribution in [0.15, 0.2) is 10.8 Å². The smallest absolute Gasteiger partial charge is 0.326 e. The summed E-state index contributed by atoms with van der Waals surface area (Å²) in [5.41, 5.74) is 2.18. The lowest BCUT2D eigenvalue weighted by molar-refractivity contribution is -0.139. The summed E-state index contributed by atoms with van der Waals surface area (Å²) in [6.45, 7) is 4.27. The van der Waals surface area contributed by atoms with Crippen LogP contribution in [0.4, 0.5) is 4.79 Å². The van der Waals surface area contributed by atoms with Gasteiger partial charge in [-0.1, -0.05) is 13.3 Å². The Bertz CT molecular complexity index is 417. The Kier molecular flexibility index (Phi) is 5.64. The Morgan fingerprint density at radius 1 is 1.44 bits per heavy atom. The number of thiophene rings is 1. The third kappa shape index (κ3) is 4.37. The highest BCUT2D eigenvalue weighted by Gasteiger charge is 2.18. The average molecular weight is 270 g/mol. The average Bonchev–Trinajstić information content (AvgIpc) is 2.71. The number of carbonyl (C=O) groups excluding carboxylic acids is 1. The number of carboxylic acids is 1. The molecule has 0 aliphatic carbocycles. The van der Waals surface area contributed by atoms with Gasteiger partial charge in [-0.25, -0.2) is 9.59 Å². The van der Waals surface area contributed by atoms with Crippen molar-refractivity contribution in [3.05, 3.63) is 21.9 Å². The van der Waals surface area contributed by atoms with Crippen molar-refractivity contribution >= 4 is 23.3 Å². The van der Waals surface area contributed by atoms with Gasteiger partial charge in [0.1, 0.15) is 6.04 Å². The highest BCUT2D eigenvalue weighted by Crippen LogP contribution is 2.12. The van der Waals surface area contributed by atoms with Crippen LogP contribution in [0.2, 0.25) is 0 Å². The molecule has 1 aromatic heterocycles. The topological polar surface area (TPSA) is 78.4 Å². The highest BCUT2D eigenvalue weighted by molar-refractivity contribution is 7.08. The summed E-state index contributed by atoms with van der Waals surface area (Å²) in [7, 11) is 0. The maximum absolute atomic E-state index is 11.6. The van der Waals surface area contributed by atoms with Crippen molar-refractivity contribution in [2.24, 2.45) is 0 Å². The Morgan fingerprint density at radius 3 is 2.67 bits per heavy atom. The zero-order valence-corrected chi connectivity index (χ0v) is 11.3. The molecule has 0 unspecified atom stereocenters. The van der Waals surface area contributed by atoms with E-state index in [1.54, 1.807) is 11.3 Å². The predicted octanol–water partition coefficient (Wildman–Crippen LogP) is 2.11. The van der Waals surface area contributed by atoms with E-state index in [1.165, 1.54) is 0 Å². The number of carboxylic acid groups (broad SMARTS) is 1. The van der Waals surface area contributed by atoms with Gasteiger partial charge in [-0.15, -0.1) is 0 Å². The van der Waals surface area contributed by atoms with Gasteiger partial charge < -0.3 is 15.7 Å². The van der Waals surface area contributed by atoms with Crippen LogP contribution in [0.5, 0.6) is 0 Å². The summed E-state index contributed by atoms with van der Waals surface area (Å²) >= 11 is 1.58. The van der Waals surface area contributed by atoms with E-state index in [0.29, 0.717) is 19.4 Å². The third-order valence-corrected chi connectivity index (χ3v) is 3.49. The highest BCUT2D eigenvalue weighted by atomic mass is 32.1. The van der Waals surface area contributed by atoms with Gasteiger partial charge in [0.25, 0.3) is 0 Å². The lowest BCUT2D eigenvalue weighted by Crippen LogP contribution is -2.45. The van der Waals surface area contributed by atoms with Crippen molar-refractivity contribution in [2.45, 2.75) is 39.3 Å². The minimum Gasteiger partial charge on any atom is -0.480 e.